The van der Waals surface area contributed by atoms with E-state index in [2.05, 4.69) is 30.7 Å². The minimum Gasteiger partial charge on any atom is -0.435 e. The van der Waals surface area contributed by atoms with Gasteiger partial charge in [0.2, 0.25) is 0 Å². The molecule has 1 aromatic carbocycles. The summed E-state index contributed by atoms with van der Waals surface area (Å²) < 4.78 is 31.6. The van der Waals surface area contributed by atoms with Crippen molar-refractivity contribution in [2.24, 2.45) is 0 Å². The van der Waals surface area contributed by atoms with Crippen LogP contribution in [-0.4, -0.2) is 21.4 Å². The van der Waals surface area contributed by atoms with Crippen LogP contribution in [0, 0.1) is 0 Å². The Labute approximate surface area is 143 Å². The molecule has 2 heterocycles. The van der Waals surface area contributed by atoms with Crippen LogP contribution in [0.25, 0.3) is 16.9 Å². The molecule has 0 bridgehead atoms. The van der Waals surface area contributed by atoms with Crippen LogP contribution in [0.2, 0.25) is 5.15 Å². The molecule has 2 aromatic heterocycles. The van der Waals surface area contributed by atoms with Gasteiger partial charge in [0, 0.05) is 22.3 Å². The first kappa shape index (κ1) is 15.9. The number of benzene rings is 1. The van der Waals surface area contributed by atoms with E-state index in [1.807, 2.05) is 0 Å². The lowest BCUT2D eigenvalue weighted by molar-refractivity contribution is -0.0498. The van der Waals surface area contributed by atoms with E-state index in [1.165, 1.54) is 12.1 Å². The molecular weight excluding hydrogens is 392 g/mol. The van der Waals surface area contributed by atoms with Crippen LogP contribution in [0.1, 0.15) is 0 Å². The van der Waals surface area contributed by atoms with Gasteiger partial charge in [0.05, 0.1) is 17.6 Å². The molecule has 0 saturated heterocycles. The molecule has 3 aromatic rings. The van der Waals surface area contributed by atoms with Gasteiger partial charge in [0.25, 0.3) is 0 Å². The Bertz CT molecular complexity index is 841. The molecular formula is C15H9BrClF2N3O. The van der Waals surface area contributed by atoms with Crippen molar-refractivity contribution in [2.75, 3.05) is 0 Å². The van der Waals surface area contributed by atoms with Crippen molar-refractivity contribution >= 4 is 27.5 Å². The Morgan fingerprint density at radius 3 is 2.70 bits per heavy atom. The second-order valence-electron chi connectivity index (χ2n) is 4.52. The quantitative estimate of drug-likeness (QED) is 0.582. The second kappa shape index (κ2) is 6.64. The van der Waals surface area contributed by atoms with Gasteiger partial charge in [0.15, 0.2) is 0 Å². The minimum atomic E-state index is -2.89. The van der Waals surface area contributed by atoms with Gasteiger partial charge in [-0.25, -0.2) is 9.67 Å². The van der Waals surface area contributed by atoms with Gasteiger partial charge < -0.3 is 4.74 Å². The number of halogens is 4. The summed E-state index contributed by atoms with van der Waals surface area (Å²) in [4.78, 5) is 3.93. The van der Waals surface area contributed by atoms with Crippen molar-refractivity contribution in [1.29, 1.82) is 0 Å². The molecule has 0 atom stereocenters. The Morgan fingerprint density at radius 2 is 1.96 bits per heavy atom. The summed E-state index contributed by atoms with van der Waals surface area (Å²) in [5.41, 5.74) is 2.08. The van der Waals surface area contributed by atoms with Crippen molar-refractivity contribution in [3.8, 4) is 22.7 Å². The average molecular weight is 401 g/mol. The summed E-state index contributed by atoms with van der Waals surface area (Å²) in [5, 5.41) is 4.58. The summed E-state index contributed by atoms with van der Waals surface area (Å²) in [6.45, 7) is -2.89. The van der Waals surface area contributed by atoms with Crippen molar-refractivity contribution in [3.05, 3.63) is 58.4 Å². The van der Waals surface area contributed by atoms with E-state index in [0.29, 0.717) is 26.6 Å². The van der Waals surface area contributed by atoms with E-state index in [4.69, 9.17) is 11.6 Å². The van der Waals surface area contributed by atoms with E-state index in [9.17, 15) is 8.78 Å². The van der Waals surface area contributed by atoms with Crippen LogP contribution in [0.15, 0.2) is 53.3 Å². The van der Waals surface area contributed by atoms with Crippen molar-refractivity contribution < 1.29 is 13.5 Å². The highest BCUT2D eigenvalue weighted by Gasteiger charge is 2.12. The number of hydrogen-bond acceptors (Lipinski definition) is 3. The van der Waals surface area contributed by atoms with Gasteiger partial charge in [-0.15, -0.1) is 0 Å². The highest BCUT2D eigenvalue weighted by atomic mass is 79.9. The van der Waals surface area contributed by atoms with Gasteiger partial charge >= 0.3 is 6.61 Å². The Kier molecular flexibility index (Phi) is 4.58. The van der Waals surface area contributed by atoms with Crippen LogP contribution >= 0.6 is 27.5 Å². The van der Waals surface area contributed by atoms with Crippen LogP contribution in [-0.2, 0) is 0 Å². The first-order chi connectivity index (χ1) is 11.0. The van der Waals surface area contributed by atoms with E-state index in [-0.39, 0.29) is 5.75 Å². The molecule has 0 radical (unpaired) electrons. The van der Waals surface area contributed by atoms with Crippen molar-refractivity contribution in [3.63, 3.8) is 0 Å². The maximum atomic E-state index is 12.4. The lowest BCUT2D eigenvalue weighted by Crippen LogP contribution is -2.03. The van der Waals surface area contributed by atoms with Crippen molar-refractivity contribution in [1.82, 2.24) is 14.8 Å². The molecule has 0 aliphatic heterocycles. The summed E-state index contributed by atoms with van der Waals surface area (Å²) >= 11 is 9.20. The van der Waals surface area contributed by atoms with Crippen LogP contribution in [0.4, 0.5) is 8.78 Å². The first-order valence-corrected chi connectivity index (χ1v) is 7.62. The molecule has 0 N–H and O–H groups in total. The molecule has 3 rings (SSSR count). The number of hydrogen-bond donors (Lipinski definition) is 0. The molecule has 8 heteroatoms. The zero-order valence-corrected chi connectivity index (χ0v) is 13.8. The summed E-state index contributed by atoms with van der Waals surface area (Å²) in [6.07, 6.45) is 3.17. The maximum Gasteiger partial charge on any atom is 0.387 e. The standard InChI is InChI=1S/C15H9BrClF2N3O/c16-10-5-9(6-12(7-10)23-15(18)19)13-2-4-21-22(13)11-1-3-20-14(17)8-11/h1-8,15H. The van der Waals surface area contributed by atoms with Gasteiger partial charge in [-0.1, -0.05) is 27.5 Å². The van der Waals surface area contributed by atoms with Crippen molar-refractivity contribution in [2.45, 2.75) is 6.61 Å². The summed E-state index contributed by atoms with van der Waals surface area (Å²) in [5.74, 6) is 0.0601. The minimum absolute atomic E-state index is 0.0601. The van der Waals surface area contributed by atoms with Gasteiger partial charge in [-0.2, -0.15) is 13.9 Å². The second-order valence-corrected chi connectivity index (χ2v) is 5.82. The average Bonchev–Trinajstić information content (AvgIpc) is 2.95. The Balaban J connectivity index is 2.07. The SMILES string of the molecule is FC(F)Oc1cc(Br)cc(-c2ccnn2-c2ccnc(Cl)c2)c1. The third-order valence-electron chi connectivity index (χ3n) is 2.99. The predicted octanol–water partition coefficient (Wildman–Crippen LogP) is 4.95. The molecule has 0 unspecified atom stereocenters. The van der Waals surface area contributed by atoms with Gasteiger partial charge in [0.1, 0.15) is 10.9 Å². The molecule has 0 aliphatic carbocycles. The molecule has 23 heavy (non-hydrogen) atoms. The maximum absolute atomic E-state index is 12.4. The summed E-state index contributed by atoms with van der Waals surface area (Å²) in [7, 11) is 0. The molecule has 118 valence electrons. The lowest BCUT2D eigenvalue weighted by Gasteiger charge is -2.11. The molecule has 0 spiro atoms. The fourth-order valence-electron chi connectivity index (χ4n) is 2.13. The van der Waals surface area contributed by atoms with E-state index < -0.39 is 6.61 Å². The van der Waals surface area contributed by atoms with E-state index in [1.54, 1.807) is 41.3 Å². The lowest BCUT2D eigenvalue weighted by atomic mass is 10.1. The van der Waals surface area contributed by atoms with Gasteiger partial charge in [-0.3, -0.25) is 0 Å². The van der Waals surface area contributed by atoms with E-state index >= 15 is 0 Å². The Hall–Kier alpha value is -1.99. The summed E-state index contributed by atoms with van der Waals surface area (Å²) in [6, 6.07) is 9.95. The fraction of sp³-hybridized carbons (Fsp3) is 0.0667. The zero-order valence-electron chi connectivity index (χ0n) is 11.5. The molecule has 0 aliphatic rings. The predicted molar refractivity (Wildman–Crippen MR) is 86.1 cm³/mol. The fourth-order valence-corrected chi connectivity index (χ4v) is 2.77. The zero-order chi connectivity index (χ0) is 16.4. The smallest absolute Gasteiger partial charge is 0.387 e. The highest BCUT2D eigenvalue weighted by molar-refractivity contribution is 9.10. The molecule has 0 amide bonds. The van der Waals surface area contributed by atoms with Crippen LogP contribution in [0.5, 0.6) is 5.75 Å². The molecule has 0 fully saturated rings. The van der Waals surface area contributed by atoms with Crippen LogP contribution < -0.4 is 4.74 Å². The monoisotopic (exact) mass is 399 g/mol. The van der Waals surface area contributed by atoms with E-state index in [0.717, 1.165) is 0 Å². The number of nitrogens with zero attached hydrogens (tertiary/aromatic N) is 3. The number of pyridine rings is 1. The van der Waals surface area contributed by atoms with Gasteiger partial charge in [-0.05, 0) is 30.3 Å². The number of aromatic nitrogens is 3. The number of alkyl halides is 2. The number of rotatable bonds is 4. The third kappa shape index (κ3) is 3.68. The number of ether oxygens (including phenoxy) is 1. The largest absolute Gasteiger partial charge is 0.435 e. The first-order valence-electron chi connectivity index (χ1n) is 6.44. The van der Waals surface area contributed by atoms with Crippen LogP contribution in [0.3, 0.4) is 0 Å². The highest BCUT2D eigenvalue weighted by Crippen LogP contribution is 2.30. The third-order valence-corrected chi connectivity index (χ3v) is 3.65. The Morgan fingerprint density at radius 1 is 1.13 bits per heavy atom. The normalized spacial score (nSPS) is 11.0. The molecule has 4 nitrogen and oxygen atoms in total. The topological polar surface area (TPSA) is 39.9 Å². The molecule has 0 saturated carbocycles.